The zero-order valence-corrected chi connectivity index (χ0v) is 17.9. The van der Waals surface area contributed by atoms with Gasteiger partial charge >= 0.3 is 0 Å². The molecule has 2 aromatic rings. The number of rotatable bonds is 10. The largest absolute Gasteiger partial charge is 0.497 e. The van der Waals surface area contributed by atoms with E-state index in [0.29, 0.717) is 13.0 Å². The topological polar surface area (TPSA) is 17.4 Å². The number of benzene rings is 1. The first-order chi connectivity index (χ1) is 14.0. The van der Waals surface area contributed by atoms with Gasteiger partial charge in [0, 0.05) is 43.7 Å². The van der Waals surface area contributed by atoms with Crippen LogP contribution in [0.1, 0.15) is 63.9 Å². The number of fused-ring (bicyclic) bond motifs is 1. The molecule has 1 atom stereocenters. The molecule has 0 radical (unpaired) electrons. The summed E-state index contributed by atoms with van der Waals surface area (Å²) in [6.45, 7) is 5.30. The third kappa shape index (κ3) is 4.16. The summed E-state index contributed by atoms with van der Waals surface area (Å²) in [6.07, 6.45) is 10.6. The van der Waals surface area contributed by atoms with Crippen LogP contribution in [0.5, 0.6) is 5.75 Å². The van der Waals surface area contributed by atoms with E-state index in [0.717, 1.165) is 25.4 Å². The number of aryl methyl sites for hydroxylation is 1. The number of hydrogen-bond donors (Lipinski definition) is 0. The van der Waals surface area contributed by atoms with Crippen molar-refractivity contribution in [1.29, 1.82) is 0 Å². The van der Waals surface area contributed by atoms with Crippen molar-refractivity contribution in [2.45, 2.75) is 77.3 Å². The third-order valence-corrected chi connectivity index (χ3v) is 6.96. The highest BCUT2D eigenvalue weighted by Crippen LogP contribution is 2.65. The van der Waals surface area contributed by atoms with Crippen LogP contribution in [0.4, 0.5) is 8.78 Å². The Balaban J connectivity index is 1.46. The molecular weight excluding hydrogens is 370 g/mol. The molecule has 2 fully saturated rings. The molecule has 1 unspecified atom stereocenters. The zero-order chi connectivity index (χ0) is 20.5. The highest BCUT2D eigenvalue weighted by atomic mass is 19.3. The maximum absolute atomic E-state index is 13.8. The van der Waals surface area contributed by atoms with Crippen LogP contribution in [-0.4, -0.2) is 35.6 Å². The molecule has 0 bridgehead atoms. The van der Waals surface area contributed by atoms with E-state index in [9.17, 15) is 8.78 Å². The summed E-state index contributed by atoms with van der Waals surface area (Å²) < 4.78 is 35.3. The van der Waals surface area contributed by atoms with E-state index in [1.807, 2.05) is 6.07 Å². The van der Waals surface area contributed by atoms with Crippen LogP contribution < -0.4 is 4.74 Å². The standard InChI is InChI=1S/C24H34F2N2O/c1-3-4-5-6-7-8-12-28-16-19(21-10-9-20(29-2)14-22(21)28)15-27-13-11-23(18-27)17-24(23,25)26/h9-10,14,16H,3-8,11-13,15,17-18H2,1-2H3. The Morgan fingerprint density at radius 2 is 1.86 bits per heavy atom. The number of aromatic nitrogens is 1. The van der Waals surface area contributed by atoms with Gasteiger partial charge in [-0.15, -0.1) is 0 Å². The molecule has 0 N–H and O–H groups in total. The normalized spacial score (nSPS) is 23.3. The number of halogens is 2. The van der Waals surface area contributed by atoms with Crippen molar-refractivity contribution in [1.82, 2.24) is 9.47 Å². The minimum absolute atomic E-state index is 0.0769. The van der Waals surface area contributed by atoms with Gasteiger partial charge in [-0.25, -0.2) is 8.78 Å². The first-order valence-electron chi connectivity index (χ1n) is 11.2. The van der Waals surface area contributed by atoms with Gasteiger partial charge in [0.1, 0.15) is 5.75 Å². The molecule has 160 valence electrons. The lowest BCUT2D eigenvalue weighted by Crippen LogP contribution is -2.22. The van der Waals surface area contributed by atoms with Gasteiger partial charge in [0.25, 0.3) is 5.92 Å². The number of methoxy groups -OCH3 is 1. The van der Waals surface area contributed by atoms with Crippen molar-refractivity contribution in [2.24, 2.45) is 5.41 Å². The van der Waals surface area contributed by atoms with Crippen LogP contribution in [0, 0.1) is 5.41 Å². The molecule has 3 nitrogen and oxygen atoms in total. The van der Waals surface area contributed by atoms with Crippen LogP contribution >= 0.6 is 0 Å². The Morgan fingerprint density at radius 3 is 2.55 bits per heavy atom. The summed E-state index contributed by atoms with van der Waals surface area (Å²) in [6, 6.07) is 6.23. The molecule has 2 aliphatic rings. The number of nitrogens with zero attached hydrogens (tertiary/aromatic N) is 2. The van der Waals surface area contributed by atoms with Gasteiger partial charge in [0.15, 0.2) is 0 Å². The van der Waals surface area contributed by atoms with E-state index in [-0.39, 0.29) is 6.42 Å². The fourth-order valence-electron chi connectivity index (χ4n) is 5.01. The van der Waals surface area contributed by atoms with Crippen molar-refractivity contribution in [3.05, 3.63) is 30.0 Å². The monoisotopic (exact) mass is 404 g/mol. The summed E-state index contributed by atoms with van der Waals surface area (Å²) in [5, 5.41) is 1.22. The maximum Gasteiger partial charge on any atom is 0.255 e. The SMILES string of the molecule is CCCCCCCCn1cc(CN2CCC3(C2)CC3(F)F)c2ccc(OC)cc21. The Kier molecular flexibility index (Phi) is 5.87. The molecule has 2 heterocycles. The van der Waals surface area contributed by atoms with Gasteiger partial charge in [-0.2, -0.15) is 0 Å². The van der Waals surface area contributed by atoms with Crippen molar-refractivity contribution in [3.63, 3.8) is 0 Å². The Hall–Kier alpha value is -1.62. The summed E-state index contributed by atoms with van der Waals surface area (Å²) in [5.41, 5.74) is 1.71. The second-order valence-electron chi connectivity index (χ2n) is 9.12. The second-order valence-corrected chi connectivity index (χ2v) is 9.12. The lowest BCUT2D eigenvalue weighted by atomic mass is 10.1. The molecule has 5 heteroatoms. The first kappa shape index (κ1) is 20.6. The van der Waals surface area contributed by atoms with Crippen molar-refractivity contribution in [3.8, 4) is 5.75 Å². The number of likely N-dealkylation sites (tertiary alicyclic amines) is 1. The number of alkyl halides is 2. The minimum atomic E-state index is -2.44. The van der Waals surface area contributed by atoms with Crippen LogP contribution in [0.15, 0.2) is 24.4 Å². The Morgan fingerprint density at radius 1 is 1.10 bits per heavy atom. The highest BCUT2D eigenvalue weighted by molar-refractivity contribution is 5.85. The van der Waals surface area contributed by atoms with E-state index in [1.165, 1.54) is 55.0 Å². The quantitative estimate of drug-likeness (QED) is 0.436. The lowest BCUT2D eigenvalue weighted by Gasteiger charge is -2.15. The van der Waals surface area contributed by atoms with Gasteiger partial charge in [-0.3, -0.25) is 4.90 Å². The number of ether oxygens (including phenoxy) is 1. The minimum Gasteiger partial charge on any atom is -0.497 e. The molecule has 0 amide bonds. The van der Waals surface area contributed by atoms with Gasteiger partial charge in [-0.05, 0) is 37.1 Å². The van der Waals surface area contributed by atoms with Gasteiger partial charge < -0.3 is 9.30 Å². The van der Waals surface area contributed by atoms with E-state index < -0.39 is 11.3 Å². The molecule has 1 spiro atoms. The summed E-state index contributed by atoms with van der Waals surface area (Å²) in [5.74, 6) is -1.58. The predicted molar refractivity (Wildman–Crippen MR) is 114 cm³/mol. The molecule has 1 saturated heterocycles. The maximum atomic E-state index is 13.8. The van der Waals surface area contributed by atoms with E-state index >= 15 is 0 Å². The third-order valence-electron chi connectivity index (χ3n) is 6.96. The lowest BCUT2D eigenvalue weighted by molar-refractivity contribution is 0.0660. The fourth-order valence-corrected chi connectivity index (χ4v) is 5.01. The molecule has 4 rings (SSSR count). The fraction of sp³-hybridized carbons (Fsp3) is 0.667. The number of hydrogen-bond acceptors (Lipinski definition) is 2. The van der Waals surface area contributed by atoms with Crippen LogP contribution in [0.25, 0.3) is 10.9 Å². The van der Waals surface area contributed by atoms with Crippen molar-refractivity contribution < 1.29 is 13.5 Å². The number of unbranched alkanes of at least 4 members (excludes halogenated alkanes) is 5. The van der Waals surface area contributed by atoms with E-state index in [4.69, 9.17) is 4.74 Å². The van der Waals surface area contributed by atoms with Crippen molar-refractivity contribution in [2.75, 3.05) is 20.2 Å². The van der Waals surface area contributed by atoms with Crippen LogP contribution in [-0.2, 0) is 13.1 Å². The van der Waals surface area contributed by atoms with Crippen LogP contribution in [0.2, 0.25) is 0 Å². The molecule has 1 saturated carbocycles. The Bertz CT molecular complexity index is 847. The van der Waals surface area contributed by atoms with Crippen LogP contribution in [0.3, 0.4) is 0 Å². The molecule has 1 aliphatic carbocycles. The average molecular weight is 405 g/mol. The predicted octanol–water partition coefficient (Wildman–Crippen LogP) is 6.24. The smallest absolute Gasteiger partial charge is 0.255 e. The molecular formula is C24H34F2N2O. The second kappa shape index (κ2) is 8.25. The van der Waals surface area contributed by atoms with Gasteiger partial charge in [0.05, 0.1) is 18.0 Å². The molecule has 1 aromatic carbocycles. The van der Waals surface area contributed by atoms with E-state index in [2.05, 4.69) is 34.7 Å². The van der Waals surface area contributed by atoms with Gasteiger partial charge in [0.2, 0.25) is 0 Å². The Labute approximate surface area is 173 Å². The zero-order valence-electron chi connectivity index (χ0n) is 17.9. The summed E-state index contributed by atoms with van der Waals surface area (Å²) >= 11 is 0. The average Bonchev–Trinajstić information content (AvgIpc) is 3.01. The molecule has 29 heavy (non-hydrogen) atoms. The summed E-state index contributed by atoms with van der Waals surface area (Å²) in [7, 11) is 1.70. The van der Waals surface area contributed by atoms with Crippen molar-refractivity contribution >= 4 is 10.9 Å². The summed E-state index contributed by atoms with van der Waals surface area (Å²) in [4.78, 5) is 2.22. The first-order valence-corrected chi connectivity index (χ1v) is 11.2. The highest BCUT2D eigenvalue weighted by Gasteiger charge is 2.72. The molecule has 1 aromatic heterocycles. The van der Waals surface area contributed by atoms with E-state index in [1.54, 1.807) is 7.11 Å². The molecule has 1 aliphatic heterocycles. The van der Waals surface area contributed by atoms with Gasteiger partial charge in [-0.1, -0.05) is 39.0 Å².